The number of hydrogen-bond donors (Lipinski definition) is 1. The number of nitrogens with two attached hydrogens (primary N) is 1. The minimum absolute atomic E-state index is 0.163. The third-order valence-corrected chi connectivity index (χ3v) is 4.10. The summed E-state index contributed by atoms with van der Waals surface area (Å²) in [6, 6.07) is 7.91. The van der Waals surface area contributed by atoms with E-state index in [0.29, 0.717) is 13.0 Å². The van der Waals surface area contributed by atoms with Gasteiger partial charge in [-0.3, -0.25) is 4.79 Å². The smallest absolute Gasteiger partial charge is 0.147 e. The van der Waals surface area contributed by atoms with Crippen LogP contribution in [0, 0.1) is 5.41 Å². The molecule has 4 heteroatoms. The molecule has 0 amide bonds. The van der Waals surface area contributed by atoms with Crippen molar-refractivity contribution < 1.29 is 4.79 Å². The third-order valence-electron chi connectivity index (χ3n) is 4.10. The van der Waals surface area contributed by atoms with E-state index in [1.54, 1.807) is 0 Å². The van der Waals surface area contributed by atoms with Crippen LogP contribution in [0.15, 0.2) is 24.3 Å². The minimum atomic E-state index is -0.446. The lowest BCUT2D eigenvalue weighted by molar-refractivity contribution is -0.127. The Morgan fingerprint density at radius 1 is 1.42 bits per heavy atom. The first-order chi connectivity index (χ1) is 9.01. The second-order valence-electron chi connectivity index (χ2n) is 5.29. The number of aromatic nitrogens is 2. The minimum Gasteiger partial charge on any atom is -0.331 e. The van der Waals surface area contributed by atoms with Crippen molar-refractivity contribution in [3.05, 3.63) is 30.1 Å². The van der Waals surface area contributed by atoms with E-state index in [2.05, 4.69) is 4.98 Å². The van der Waals surface area contributed by atoms with Crippen LogP contribution in [0.1, 0.15) is 26.1 Å². The number of fused-ring (bicyclic) bond motifs is 1. The normalized spacial score (nSPS) is 14.5. The number of rotatable bonds is 5. The first-order valence-electron chi connectivity index (χ1n) is 6.65. The Bertz CT molecular complexity index is 596. The average molecular weight is 259 g/mol. The van der Waals surface area contributed by atoms with Crippen LogP contribution in [-0.4, -0.2) is 21.9 Å². The van der Waals surface area contributed by atoms with Gasteiger partial charge in [0.2, 0.25) is 0 Å². The Kier molecular flexibility index (Phi) is 3.71. The van der Waals surface area contributed by atoms with E-state index in [1.807, 2.05) is 49.7 Å². The molecule has 0 fully saturated rings. The maximum atomic E-state index is 12.4. The van der Waals surface area contributed by atoms with Crippen LogP contribution in [0.5, 0.6) is 0 Å². The van der Waals surface area contributed by atoms with Crippen LogP contribution in [0.25, 0.3) is 11.0 Å². The maximum absolute atomic E-state index is 12.4. The van der Waals surface area contributed by atoms with Crippen molar-refractivity contribution in [1.82, 2.24) is 9.55 Å². The van der Waals surface area contributed by atoms with Crippen molar-refractivity contribution in [2.75, 3.05) is 6.54 Å². The predicted molar refractivity (Wildman–Crippen MR) is 76.9 cm³/mol. The molecule has 0 aliphatic carbocycles. The van der Waals surface area contributed by atoms with Crippen molar-refractivity contribution in [2.45, 2.75) is 26.7 Å². The molecule has 0 aliphatic rings. The highest BCUT2D eigenvalue weighted by atomic mass is 16.1. The zero-order valence-corrected chi connectivity index (χ0v) is 11.8. The molecule has 0 spiro atoms. The standard InChI is InChI=1S/C15H21N3O/c1-4-15(2,10-16)13(19)9-14-17-11-7-5-6-8-12(11)18(14)3/h5-8H,4,9-10,16H2,1-3H3. The number of aryl methyl sites for hydroxylation is 1. The highest BCUT2D eigenvalue weighted by Gasteiger charge is 2.30. The molecule has 1 atom stereocenters. The number of Topliss-reactive ketones (excluding diaryl/α,β-unsaturated/α-hetero) is 1. The summed E-state index contributed by atoms with van der Waals surface area (Å²) in [7, 11) is 1.95. The van der Waals surface area contributed by atoms with Crippen molar-refractivity contribution >= 4 is 16.8 Å². The Morgan fingerprint density at radius 2 is 2.11 bits per heavy atom. The molecule has 19 heavy (non-hydrogen) atoms. The second-order valence-corrected chi connectivity index (χ2v) is 5.29. The van der Waals surface area contributed by atoms with Crippen molar-refractivity contribution in [3.63, 3.8) is 0 Å². The molecule has 0 bridgehead atoms. The predicted octanol–water partition coefficient (Wildman–Crippen LogP) is 2.06. The van der Waals surface area contributed by atoms with E-state index in [0.717, 1.165) is 23.3 Å². The van der Waals surface area contributed by atoms with E-state index < -0.39 is 5.41 Å². The van der Waals surface area contributed by atoms with E-state index in [9.17, 15) is 4.79 Å². The maximum Gasteiger partial charge on any atom is 0.147 e. The van der Waals surface area contributed by atoms with Crippen LogP contribution >= 0.6 is 0 Å². The fourth-order valence-corrected chi connectivity index (χ4v) is 2.17. The van der Waals surface area contributed by atoms with Crippen LogP contribution in [0.3, 0.4) is 0 Å². The summed E-state index contributed by atoms with van der Waals surface area (Å²) >= 11 is 0. The quantitative estimate of drug-likeness (QED) is 0.894. The lowest BCUT2D eigenvalue weighted by atomic mass is 9.81. The molecule has 0 saturated carbocycles. The van der Waals surface area contributed by atoms with Gasteiger partial charge in [0.15, 0.2) is 0 Å². The lowest BCUT2D eigenvalue weighted by Gasteiger charge is -2.24. The third kappa shape index (κ3) is 2.40. The van der Waals surface area contributed by atoms with Gasteiger partial charge in [0, 0.05) is 19.0 Å². The first kappa shape index (κ1) is 13.7. The molecule has 2 rings (SSSR count). The molecule has 0 saturated heterocycles. The summed E-state index contributed by atoms with van der Waals surface area (Å²) in [5, 5.41) is 0. The number of nitrogens with zero attached hydrogens (tertiary/aromatic N) is 2. The summed E-state index contributed by atoms with van der Waals surface area (Å²) in [6.45, 7) is 4.31. The second kappa shape index (κ2) is 5.13. The van der Waals surface area contributed by atoms with Crippen molar-refractivity contribution in [2.24, 2.45) is 18.2 Å². The fourth-order valence-electron chi connectivity index (χ4n) is 2.17. The number of benzene rings is 1. The van der Waals surface area contributed by atoms with E-state index in [-0.39, 0.29) is 5.78 Å². The molecular weight excluding hydrogens is 238 g/mol. The number of para-hydroxylation sites is 2. The van der Waals surface area contributed by atoms with Gasteiger partial charge in [-0.05, 0) is 18.6 Å². The molecule has 1 unspecified atom stereocenters. The number of carbonyl (C=O) groups excluding carboxylic acids is 1. The molecule has 102 valence electrons. The van der Waals surface area contributed by atoms with Gasteiger partial charge in [0.05, 0.1) is 17.5 Å². The van der Waals surface area contributed by atoms with Crippen LogP contribution in [-0.2, 0) is 18.3 Å². The molecule has 4 nitrogen and oxygen atoms in total. The van der Waals surface area contributed by atoms with Gasteiger partial charge < -0.3 is 10.3 Å². The molecule has 0 aliphatic heterocycles. The fraction of sp³-hybridized carbons (Fsp3) is 0.467. The molecule has 2 N–H and O–H groups in total. The molecule has 1 heterocycles. The monoisotopic (exact) mass is 259 g/mol. The number of ketones is 1. The van der Waals surface area contributed by atoms with Gasteiger partial charge in [-0.1, -0.05) is 26.0 Å². The lowest BCUT2D eigenvalue weighted by Crippen LogP contribution is -2.36. The summed E-state index contributed by atoms with van der Waals surface area (Å²) in [4.78, 5) is 16.9. The van der Waals surface area contributed by atoms with Gasteiger partial charge in [0.25, 0.3) is 0 Å². The molecule has 0 radical (unpaired) electrons. The van der Waals surface area contributed by atoms with E-state index in [4.69, 9.17) is 5.73 Å². The largest absolute Gasteiger partial charge is 0.331 e. The van der Waals surface area contributed by atoms with E-state index >= 15 is 0 Å². The molecule has 1 aromatic heterocycles. The van der Waals surface area contributed by atoms with Gasteiger partial charge in [-0.15, -0.1) is 0 Å². The van der Waals surface area contributed by atoms with Crippen molar-refractivity contribution in [1.29, 1.82) is 0 Å². The van der Waals surface area contributed by atoms with Crippen molar-refractivity contribution in [3.8, 4) is 0 Å². The Balaban J connectivity index is 2.31. The average Bonchev–Trinajstić information content (AvgIpc) is 2.75. The van der Waals surface area contributed by atoms with Crippen LogP contribution in [0.4, 0.5) is 0 Å². The zero-order valence-electron chi connectivity index (χ0n) is 11.8. The van der Waals surface area contributed by atoms with Gasteiger partial charge in [-0.2, -0.15) is 0 Å². The Hall–Kier alpha value is -1.68. The summed E-state index contributed by atoms with van der Waals surface area (Å²) < 4.78 is 1.99. The van der Waals surface area contributed by atoms with Gasteiger partial charge in [-0.25, -0.2) is 4.98 Å². The SMILES string of the molecule is CCC(C)(CN)C(=O)Cc1nc2ccccc2n1C. The molecular formula is C15H21N3O. The summed E-state index contributed by atoms with van der Waals surface area (Å²) in [6.07, 6.45) is 1.10. The summed E-state index contributed by atoms with van der Waals surface area (Å²) in [5.74, 6) is 0.968. The number of carbonyl (C=O) groups is 1. The number of imidazole rings is 1. The topological polar surface area (TPSA) is 60.9 Å². The molecule has 2 aromatic rings. The molecule has 1 aromatic carbocycles. The Morgan fingerprint density at radius 3 is 2.68 bits per heavy atom. The zero-order chi connectivity index (χ0) is 14.0. The first-order valence-corrected chi connectivity index (χ1v) is 6.65. The Labute approximate surface area is 113 Å². The van der Waals surface area contributed by atoms with E-state index in [1.165, 1.54) is 0 Å². The van der Waals surface area contributed by atoms with Gasteiger partial charge >= 0.3 is 0 Å². The van der Waals surface area contributed by atoms with Gasteiger partial charge in [0.1, 0.15) is 11.6 Å². The highest BCUT2D eigenvalue weighted by Crippen LogP contribution is 2.23. The van der Waals surface area contributed by atoms with Crippen LogP contribution < -0.4 is 5.73 Å². The number of hydrogen-bond acceptors (Lipinski definition) is 3. The highest BCUT2D eigenvalue weighted by molar-refractivity contribution is 5.87. The van der Waals surface area contributed by atoms with Crippen LogP contribution in [0.2, 0.25) is 0 Å². The summed E-state index contributed by atoms with van der Waals surface area (Å²) in [5.41, 5.74) is 7.27.